The van der Waals surface area contributed by atoms with Crippen LogP contribution in [0.1, 0.15) is 42.0 Å². The number of ether oxygens (including phenoxy) is 1. The van der Waals surface area contributed by atoms with Crippen LogP contribution in [0.2, 0.25) is 0 Å². The minimum Gasteiger partial charge on any atom is -0.450 e. The highest BCUT2D eigenvalue weighted by molar-refractivity contribution is 5.52. The molecular weight excluding hydrogens is 368 g/mol. The topological polar surface area (TPSA) is 82.2 Å². The van der Waals surface area contributed by atoms with E-state index in [0.717, 1.165) is 22.3 Å². The molecule has 7 nitrogen and oxygen atoms in total. The molecule has 2 aromatic carbocycles. The van der Waals surface area contributed by atoms with Crippen LogP contribution >= 0.6 is 0 Å². The van der Waals surface area contributed by atoms with Crippen molar-refractivity contribution < 1.29 is 9.66 Å². The van der Waals surface area contributed by atoms with Crippen molar-refractivity contribution in [2.75, 3.05) is 0 Å². The molecule has 0 atom stereocenters. The third-order valence-electron chi connectivity index (χ3n) is 4.65. The minimum atomic E-state index is -0.398. The summed E-state index contributed by atoms with van der Waals surface area (Å²) in [5.41, 5.74) is 3.90. The van der Waals surface area contributed by atoms with Gasteiger partial charge in [0.25, 0.3) is 0 Å². The van der Waals surface area contributed by atoms with E-state index in [2.05, 4.69) is 24.3 Å². The zero-order valence-corrected chi connectivity index (χ0v) is 17.2. The highest BCUT2D eigenvalue weighted by Gasteiger charge is 2.19. The molecule has 152 valence electrons. The predicted molar refractivity (Wildman–Crippen MR) is 112 cm³/mol. The van der Waals surface area contributed by atoms with Crippen LogP contribution in [-0.2, 0) is 20.1 Å². The van der Waals surface area contributed by atoms with E-state index in [-0.39, 0.29) is 17.4 Å². The standard InChI is InChI=1S/C22H26N4O3/c1-15(2)19-7-5-16(3)9-22(19)29-21-8-6-17(10-20(21)26(27)28)11-23-12-18-13-24-25(4)14-18/h5-10,13-15,23H,11-12H2,1-4H3. The number of aromatic nitrogens is 2. The minimum absolute atomic E-state index is 0.0399. The van der Waals surface area contributed by atoms with E-state index in [1.807, 2.05) is 44.4 Å². The number of nitrogens with one attached hydrogen (secondary N) is 1. The molecule has 0 amide bonds. The summed E-state index contributed by atoms with van der Waals surface area (Å²) in [5.74, 6) is 1.16. The van der Waals surface area contributed by atoms with Gasteiger partial charge in [-0.3, -0.25) is 14.8 Å². The van der Waals surface area contributed by atoms with Crippen LogP contribution in [-0.4, -0.2) is 14.7 Å². The average molecular weight is 394 g/mol. The average Bonchev–Trinajstić information content (AvgIpc) is 3.07. The summed E-state index contributed by atoms with van der Waals surface area (Å²) in [6.45, 7) is 7.27. The van der Waals surface area contributed by atoms with Gasteiger partial charge in [-0.15, -0.1) is 0 Å². The lowest BCUT2D eigenvalue weighted by molar-refractivity contribution is -0.385. The van der Waals surface area contributed by atoms with E-state index in [0.29, 0.717) is 18.8 Å². The molecule has 0 unspecified atom stereocenters. The summed E-state index contributed by atoms with van der Waals surface area (Å²) in [4.78, 5) is 11.2. The largest absolute Gasteiger partial charge is 0.450 e. The number of benzene rings is 2. The fourth-order valence-electron chi connectivity index (χ4n) is 3.14. The molecule has 0 saturated heterocycles. The van der Waals surface area contributed by atoms with Gasteiger partial charge in [0.05, 0.1) is 11.1 Å². The van der Waals surface area contributed by atoms with Crippen molar-refractivity contribution in [1.29, 1.82) is 0 Å². The Hall–Kier alpha value is -3.19. The van der Waals surface area contributed by atoms with Gasteiger partial charge in [-0.25, -0.2) is 0 Å². The van der Waals surface area contributed by atoms with Crippen LogP contribution in [0.3, 0.4) is 0 Å². The van der Waals surface area contributed by atoms with E-state index in [1.165, 1.54) is 0 Å². The number of nitro groups is 1. The number of hydrogen-bond donors (Lipinski definition) is 1. The van der Waals surface area contributed by atoms with Gasteiger partial charge in [-0.2, -0.15) is 5.10 Å². The molecule has 0 spiro atoms. The second-order valence-electron chi connectivity index (χ2n) is 7.48. The Morgan fingerprint density at radius 1 is 1.14 bits per heavy atom. The predicted octanol–water partition coefficient (Wildman–Crippen LogP) is 4.84. The molecule has 1 aromatic heterocycles. The van der Waals surface area contributed by atoms with Gasteiger partial charge in [0.1, 0.15) is 5.75 Å². The van der Waals surface area contributed by atoms with Gasteiger partial charge in [0.15, 0.2) is 0 Å². The number of nitro benzene ring substituents is 1. The van der Waals surface area contributed by atoms with Crippen LogP contribution in [0.5, 0.6) is 11.5 Å². The zero-order valence-electron chi connectivity index (χ0n) is 17.2. The van der Waals surface area contributed by atoms with Crippen molar-refractivity contribution in [1.82, 2.24) is 15.1 Å². The van der Waals surface area contributed by atoms with Gasteiger partial charge in [-0.05, 0) is 41.7 Å². The van der Waals surface area contributed by atoms with E-state index in [9.17, 15) is 10.1 Å². The van der Waals surface area contributed by atoms with E-state index in [4.69, 9.17) is 4.74 Å². The molecule has 0 aliphatic rings. The van der Waals surface area contributed by atoms with E-state index < -0.39 is 4.92 Å². The Kier molecular flexibility index (Phi) is 6.29. The Morgan fingerprint density at radius 2 is 1.90 bits per heavy atom. The van der Waals surface area contributed by atoms with Crippen molar-refractivity contribution in [2.45, 2.75) is 39.8 Å². The lowest BCUT2D eigenvalue weighted by Gasteiger charge is -2.15. The van der Waals surface area contributed by atoms with Gasteiger partial charge in [0, 0.05) is 38.0 Å². The fraction of sp³-hybridized carbons (Fsp3) is 0.318. The Bertz CT molecular complexity index is 1010. The lowest BCUT2D eigenvalue weighted by Crippen LogP contribution is -2.12. The number of nitrogens with zero attached hydrogens (tertiary/aromatic N) is 3. The van der Waals surface area contributed by atoms with Gasteiger partial charge >= 0.3 is 5.69 Å². The summed E-state index contributed by atoms with van der Waals surface area (Å²) in [6.07, 6.45) is 3.72. The smallest absolute Gasteiger partial charge is 0.311 e. The second-order valence-corrected chi connectivity index (χ2v) is 7.48. The summed E-state index contributed by atoms with van der Waals surface area (Å²) in [7, 11) is 1.87. The Labute approximate surface area is 170 Å². The van der Waals surface area contributed by atoms with Gasteiger partial charge in [0.2, 0.25) is 5.75 Å². The molecule has 1 N–H and O–H groups in total. The highest BCUT2D eigenvalue weighted by Crippen LogP contribution is 2.36. The first-order valence-corrected chi connectivity index (χ1v) is 9.57. The van der Waals surface area contributed by atoms with E-state index >= 15 is 0 Å². The SMILES string of the molecule is Cc1ccc(C(C)C)c(Oc2ccc(CNCc3cnn(C)c3)cc2[N+](=O)[O-])c1. The normalized spacial score (nSPS) is 11.1. The summed E-state index contributed by atoms with van der Waals surface area (Å²) in [6, 6.07) is 11.0. The van der Waals surface area contributed by atoms with Crippen LogP contribution in [0.15, 0.2) is 48.8 Å². The molecule has 3 rings (SSSR count). The van der Waals surface area contributed by atoms with Crippen molar-refractivity contribution >= 4 is 5.69 Å². The molecule has 0 saturated carbocycles. The first kappa shape index (κ1) is 20.5. The molecule has 0 radical (unpaired) electrons. The van der Waals surface area contributed by atoms with Gasteiger partial charge < -0.3 is 10.1 Å². The lowest BCUT2D eigenvalue weighted by atomic mass is 10.0. The molecule has 7 heteroatoms. The van der Waals surface area contributed by atoms with Crippen molar-refractivity contribution in [3.8, 4) is 11.5 Å². The third kappa shape index (κ3) is 5.20. The molecule has 0 bridgehead atoms. The van der Waals surface area contributed by atoms with Crippen LogP contribution < -0.4 is 10.1 Å². The van der Waals surface area contributed by atoms with E-state index in [1.54, 1.807) is 23.0 Å². The number of hydrogen-bond acceptors (Lipinski definition) is 5. The van der Waals surface area contributed by atoms with Crippen molar-refractivity contribution in [2.24, 2.45) is 7.05 Å². The molecule has 0 aliphatic heterocycles. The quantitative estimate of drug-likeness (QED) is 0.436. The molecular formula is C22H26N4O3. The molecule has 0 aliphatic carbocycles. The first-order chi connectivity index (χ1) is 13.8. The summed E-state index contributed by atoms with van der Waals surface area (Å²) in [5, 5.41) is 19.1. The second kappa shape index (κ2) is 8.87. The van der Waals surface area contributed by atoms with Gasteiger partial charge in [-0.1, -0.05) is 32.0 Å². The van der Waals surface area contributed by atoms with Crippen molar-refractivity contribution in [3.63, 3.8) is 0 Å². The number of rotatable bonds is 8. The first-order valence-electron chi connectivity index (χ1n) is 9.57. The monoisotopic (exact) mass is 394 g/mol. The molecule has 0 fully saturated rings. The molecule has 1 heterocycles. The molecule has 29 heavy (non-hydrogen) atoms. The van der Waals surface area contributed by atoms with Crippen LogP contribution in [0.25, 0.3) is 0 Å². The number of aryl methyl sites for hydroxylation is 2. The maximum atomic E-state index is 11.6. The van der Waals surface area contributed by atoms with Crippen molar-refractivity contribution in [3.05, 3.63) is 81.2 Å². The fourth-order valence-corrected chi connectivity index (χ4v) is 3.14. The molecule has 3 aromatic rings. The maximum Gasteiger partial charge on any atom is 0.311 e. The van der Waals surface area contributed by atoms with Crippen LogP contribution in [0.4, 0.5) is 5.69 Å². The summed E-state index contributed by atoms with van der Waals surface area (Å²) < 4.78 is 7.74. The maximum absolute atomic E-state index is 11.6. The highest BCUT2D eigenvalue weighted by atomic mass is 16.6. The zero-order chi connectivity index (χ0) is 21.0. The Balaban J connectivity index is 1.78. The van der Waals surface area contributed by atoms with Crippen LogP contribution in [0, 0.1) is 17.0 Å². The summed E-state index contributed by atoms with van der Waals surface area (Å²) >= 11 is 0. The Morgan fingerprint density at radius 3 is 2.55 bits per heavy atom. The third-order valence-corrected chi connectivity index (χ3v) is 4.65.